The van der Waals surface area contributed by atoms with Gasteiger partial charge < -0.3 is 4.98 Å². The van der Waals surface area contributed by atoms with Crippen LogP contribution in [-0.2, 0) is 7.05 Å². The van der Waals surface area contributed by atoms with Crippen molar-refractivity contribution >= 4 is 11.2 Å². The largest absolute Gasteiger partial charge is 0.327 e. The van der Waals surface area contributed by atoms with Gasteiger partial charge >= 0.3 is 5.69 Å². The molecule has 2 heterocycles. The van der Waals surface area contributed by atoms with E-state index in [4.69, 9.17) is 5.26 Å². The molecule has 2 aromatic heterocycles. The third-order valence-electron chi connectivity index (χ3n) is 3.06. The molecule has 5 heteroatoms. The maximum atomic E-state index is 11.5. The molecule has 0 spiro atoms. The quantitative estimate of drug-likeness (QED) is 0.715. The van der Waals surface area contributed by atoms with Gasteiger partial charge in [0.1, 0.15) is 0 Å². The zero-order chi connectivity index (χ0) is 13.4. The smallest absolute Gasteiger partial charge is 0.304 e. The summed E-state index contributed by atoms with van der Waals surface area (Å²) >= 11 is 0. The van der Waals surface area contributed by atoms with Gasteiger partial charge in [-0.1, -0.05) is 18.2 Å². The number of H-pyrrole nitrogens is 1. The van der Waals surface area contributed by atoms with Crippen LogP contribution in [0.1, 0.15) is 5.56 Å². The van der Waals surface area contributed by atoms with Crippen LogP contribution in [0, 0.1) is 11.3 Å². The number of fused-ring (bicyclic) bond motifs is 1. The van der Waals surface area contributed by atoms with Crippen molar-refractivity contribution < 1.29 is 0 Å². The third-order valence-corrected chi connectivity index (χ3v) is 3.06. The first-order valence-electron chi connectivity index (χ1n) is 5.76. The normalized spacial score (nSPS) is 10.5. The minimum Gasteiger partial charge on any atom is -0.304 e. The minimum atomic E-state index is -0.201. The molecule has 0 saturated heterocycles. The van der Waals surface area contributed by atoms with Gasteiger partial charge in [-0.25, -0.2) is 9.78 Å². The Labute approximate surface area is 108 Å². The summed E-state index contributed by atoms with van der Waals surface area (Å²) in [6.45, 7) is 0. The number of rotatable bonds is 1. The highest BCUT2D eigenvalue weighted by molar-refractivity contribution is 5.77. The molecule has 0 aliphatic heterocycles. The van der Waals surface area contributed by atoms with E-state index in [2.05, 4.69) is 16.0 Å². The Morgan fingerprint density at radius 1 is 1.26 bits per heavy atom. The third kappa shape index (κ3) is 1.70. The zero-order valence-electron chi connectivity index (χ0n) is 10.2. The molecule has 0 radical (unpaired) electrons. The van der Waals surface area contributed by atoms with E-state index in [9.17, 15) is 4.79 Å². The lowest BCUT2D eigenvalue weighted by Crippen LogP contribution is -2.12. The monoisotopic (exact) mass is 250 g/mol. The fourth-order valence-corrected chi connectivity index (χ4v) is 2.05. The Bertz CT molecular complexity index is 867. The number of hydrogen-bond donors (Lipinski definition) is 1. The predicted octanol–water partition coefficient (Wildman–Crippen LogP) is 1.80. The highest BCUT2D eigenvalue weighted by Gasteiger charge is 2.09. The van der Waals surface area contributed by atoms with Gasteiger partial charge in [-0.15, -0.1) is 0 Å². The predicted molar refractivity (Wildman–Crippen MR) is 71.5 cm³/mol. The van der Waals surface area contributed by atoms with Gasteiger partial charge in [-0.3, -0.25) is 4.57 Å². The zero-order valence-corrected chi connectivity index (χ0v) is 10.2. The maximum absolute atomic E-state index is 11.5. The van der Waals surface area contributed by atoms with Crippen molar-refractivity contribution in [1.82, 2.24) is 14.5 Å². The highest BCUT2D eigenvalue weighted by Crippen LogP contribution is 2.22. The number of aromatic nitrogens is 3. The molecule has 0 saturated carbocycles. The Morgan fingerprint density at radius 2 is 2.05 bits per heavy atom. The molecule has 92 valence electrons. The average Bonchev–Trinajstić information content (AvgIpc) is 2.74. The summed E-state index contributed by atoms with van der Waals surface area (Å²) in [6.07, 6.45) is 0. The van der Waals surface area contributed by atoms with Crippen LogP contribution in [0.5, 0.6) is 0 Å². The van der Waals surface area contributed by atoms with Gasteiger partial charge in [0.25, 0.3) is 0 Å². The molecule has 0 aliphatic rings. The van der Waals surface area contributed by atoms with Crippen molar-refractivity contribution in [2.45, 2.75) is 0 Å². The Balaban J connectivity index is 2.29. The number of nitriles is 1. The summed E-state index contributed by atoms with van der Waals surface area (Å²) in [6, 6.07) is 13.0. The van der Waals surface area contributed by atoms with Crippen molar-refractivity contribution in [1.29, 1.82) is 5.26 Å². The van der Waals surface area contributed by atoms with Crippen LogP contribution < -0.4 is 5.69 Å². The first kappa shape index (κ1) is 11.2. The number of nitrogens with zero attached hydrogens (tertiary/aromatic N) is 3. The summed E-state index contributed by atoms with van der Waals surface area (Å²) in [5, 5.41) is 9.11. The van der Waals surface area contributed by atoms with Gasteiger partial charge in [-0.05, 0) is 18.2 Å². The number of pyridine rings is 1. The maximum Gasteiger partial charge on any atom is 0.327 e. The lowest BCUT2D eigenvalue weighted by molar-refractivity contribution is 0.879. The van der Waals surface area contributed by atoms with Crippen LogP contribution in [0.2, 0.25) is 0 Å². The molecule has 5 nitrogen and oxygen atoms in total. The number of hydrogen-bond acceptors (Lipinski definition) is 3. The SMILES string of the molecule is Cn1c(=O)[nH]c2ccc(-c3ccccc3C#N)nc21. The van der Waals surface area contributed by atoms with Crippen LogP contribution in [0.3, 0.4) is 0 Å². The topological polar surface area (TPSA) is 74.5 Å². The summed E-state index contributed by atoms with van der Waals surface area (Å²) in [5.41, 5.74) is 3.07. The number of aryl methyl sites for hydroxylation is 1. The van der Waals surface area contributed by atoms with E-state index in [1.807, 2.05) is 18.2 Å². The molecule has 1 N–H and O–H groups in total. The molecule has 19 heavy (non-hydrogen) atoms. The van der Waals surface area contributed by atoms with Gasteiger partial charge in [0.15, 0.2) is 5.65 Å². The van der Waals surface area contributed by atoms with E-state index in [0.717, 1.165) is 5.56 Å². The summed E-state index contributed by atoms with van der Waals surface area (Å²) < 4.78 is 1.45. The molecule has 0 fully saturated rings. The molecular weight excluding hydrogens is 240 g/mol. The molecule has 0 atom stereocenters. The van der Waals surface area contributed by atoms with E-state index in [0.29, 0.717) is 22.4 Å². The number of aromatic amines is 1. The minimum absolute atomic E-state index is 0.201. The van der Waals surface area contributed by atoms with E-state index in [1.54, 1.807) is 25.2 Å². The van der Waals surface area contributed by atoms with Gasteiger partial charge in [-0.2, -0.15) is 5.26 Å². The van der Waals surface area contributed by atoms with Crippen LogP contribution in [0.25, 0.3) is 22.4 Å². The highest BCUT2D eigenvalue weighted by atomic mass is 16.1. The average molecular weight is 250 g/mol. The van der Waals surface area contributed by atoms with Crippen molar-refractivity contribution in [2.75, 3.05) is 0 Å². The summed E-state index contributed by atoms with van der Waals surface area (Å²) in [5.74, 6) is 0. The van der Waals surface area contributed by atoms with Crippen LogP contribution in [0.15, 0.2) is 41.2 Å². The first-order valence-corrected chi connectivity index (χ1v) is 5.76. The summed E-state index contributed by atoms with van der Waals surface area (Å²) in [4.78, 5) is 18.7. The second-order valence-electron chi connectivity index (χ2n) is 4.21. The van der Waals surface area contributed by atoms with Crippen LogP contribution >= 0.6 is 0 Å². The van der Waals surface area contributed by atoms with E-state index < -0.39 is 0 Å². The first-order chi connectivity index (χ1) is 9.20. The van der Waals surface area contributed by atoms with E-state index in [1.165, 1.54) is 4.57 Å². The Kier molecular flexibility index (Phi) is 2.43. The van der Waals surface area contributed by atoms with Crippen LogP contribution in [0.4, 0.5) is 0 Å². The van der Waals surface area contributed by atoms with E-state index in [-0.39, 0.29) is 5.69 Å². The lowest BCUT2D eigenvalue weighted by Gasteiger charge is -2.03. The summed E-state index contributed by atoms with van der Waals surface area (Å²) in [7, 11) is 1.66. The second-order valence-corrected chi connectivity index (χ2v) is 4.21. The molecule has 3 rings (SSSR count). The van der Waals surface area contributed by atoms with Gasteiger partial charge in [0.2, 0.25) is 0 Å². The molecule has 0 aliphatic carbocycles. The van der Waals surface area contributed by atoms with Crippen molar-refractivity contribution in [3.63, 3.8) is 0 Å². The fraction of sp³-hybridized carbons (Fsp3) is 0.0714. The second kappa shape index (κ2) is 4.10. The van der Waals surface area contributed by atoms with Crippen molar-refractivity contribution in [3.8, 4) is 17.3 Å². The van der Waals surface area contributed by atoms with Crippen LogP contribution in [-0.4, -0.2) is 14.5 Å². The standard InChI is InChI=1S/C14H10N4O/c1-18-13-12(17-14(18)19)7-6-11(16-13)10-5-3-2-4-9(10)8-15/h2-7H,1H3,(H,17,19). The number of imidazole rings is 1. The van der Waals surface area contributed by atoms with Crippen molar-refractivity contribution in [3.05, 3.63) is 52.4 Å². The Morgan fingerprint density at radius 3 is 2.84 bits per heavy atom. The molecule has 1 aromatic carbocycles. The molecule has 0 unspecified atom stereocenters. The lowest BCUT2D eigenvalue weighted by atomic mass is 10.1. The van der Waals surface area contributed by atoms with Gasteiger partial charge in [0, 0.05) is 12.6 Å². The number of benzene rings is 1. The Hall–Kier alpha value is -2.87. The van der Waals surface area contributed by atoms with Gasteiger partial charge in [0.05, 0.1) is 22.8 Å². The fourth-order valence-electron chi connectivity index (χ4n) is 2.05. The van der Waals surface area contributed by atoms with Crippen molar-refractivity contribution in [2.24, 2.45) is 7.05 Å². The van der Waals surface area contributed by atoms with E-state index >= 15 is 0 Å². The molecule has 0 bridgehead atoms. The molecule has 0 amide bonds. The molecular formula is C14H10N4O. The number of nitrogens with one attached hydrogen (secondary N) is 1. The molecule has 3 aromatic rings.